The molecule has 0 aliphatic rings. The highest BCUT2D eigenvalue weighted by atomic mass is 16.5. The molecule has 2 aromatic carbocycles. The van der Waals surface area contributed by atoms with Crippen molar-refractivity contribution in [3.8, 4) is 5.75 Å². The number of carbonyl (C=O) groups excluding carboxylic acids is 1. The minimum absolute atomic E-state index is 0.0376. The molecular formula is C22H24N2O3. The van der Waals surface area contributed by atoms with Crippen molar-refractivity contribution in [2.24, 2.45) is 0 Å². The summed E-state index contributed by atoms with van der Waals surface area (Å²) in [4.78, 5) is 12.3. The molecule has 1 heterocycles. The van der Waals surface area contributed by atoms with E-state index in [1.165, 1.54) is 0 Å². The highest BCUT2D eigenvalue weighted by molar-refractivity contribution is 5.92. The summed E-state index contributed by atoms with van der Waals surface area (Å²) in [5, 5.41) is 6.88. The number of rotatable bonds is 6. The lowest BCUT2D eigenvalue weighted by Crippen LogP contribution is -2.14. The highest BCUT2D eigenvalue weighted by Gasteiger charge is 2.10. The van der Waals surface area contributed by atoms with Crippen LogP contribution in [0.3, 0.4) is 0 Å². The van der Waals surface area contributed by atoms with E-state index in [4.69, 9.17) is 9.26 Å². The minimum Gasteiger partial charge on any atom is -0.489 e. The Morgan fingerprint density at radius 1 is 1.04 bits per heavy atom. The molecular weight excluding hydrogens is 340 g/mol. The summed E-state index contributed by atoms with van der Waals surface area (Å²) < 4.78 is 10.9. The minimum atomic E-state index is -0.0376. The Morgan fingerprint density at radius 2 is 1.70 bits per heavy atom. The number of anilines is 1. The van der Waals surface area contributed by atoms with E-state index in [9.17, 15) is 4.79 Å². The van der Waals surface area contributed by atoms with Gasteiger partial charge in [-0.15, -0.1) is 0 Å². The maximum Gasteiger partial charge on any atom is 0.228 e. The second-order valence-corrected chi connectivity index (χ2v) is 6.84. The summed E-state index contributed by atoms with van der Waals surface area (Å²) in [5.41, 5.74) is 5.83. The van der Waals surface area contributed by atoms with Gasteiger partial charge in [-0.1, -0.05) is 23.4 Å². The molecule has 0 spiro atoms. The third kappa shape index (κ3) is 4.97. The average molecular weight is 364 g/mol. The maximum atomic E-state index is 12.3. The van der Waals surface area contributed by atoms with E-state index < -0.39 is 0 Å². The zero-order valence-electron chi connectivity index (χ0n) is 16.1. The van der Waals surface area contributed by atoms with Gasteiger partial charge in [0.2, 0.25) is 5.91 Å². The first-order chi connectivity index (χ1) is 12.9. The fraction of sp³-hybridized carbons (Fsp3) is 0.273. The molecule has 140 valence electrons. The molecule has 0 bridgehead atoms. The van der Waals surface area contributed by atoms with Crippen molar-refractivity contribution in [1.82, 2.24) is 5.16 Å². The van der Waals surface area contributed by atoms with E-state index in [1.54, 1.807) is 0 Å². The van der Waals surface area contributed by atoms with Gasteiger partial charge in [-0.2, -0.15) is 0 Å². The van der Waals surface area contributed by atoms with Crippen LogP contribution in [0.2, 0.25) is 0 Å². The summed E-state index contributed by atoms with van der Waals surface area (Å²) in [6, 6.07) is 13.6. The van der Waals surface area contributed by atoms with Gasteiger partial charge in [-0.25, -0.2) is 0 Å². The van der Waals surface area contributed by atoms with Crippen LogP contribution in [-0.2, 0) is 17.8 Å². The van der Waals surface area contributed by atoms with Gasteiger partial charge in [-0.3, -0.25) is 4.79 Å². The van der Waals surface area contributed by atoms with Gasteiger partial charge in [0.25, 0.3) is 0 Å². The lowest BCUT2D eigenvalue weighted by atomic mass is 10.1. The van der Waals surface area contributed by atoms with Gasteiger partial charge >= 0.3 is 0 Å². The van der Waals surface area contributed by atoms with Gasteiger partial charge in [0.15, 0.2) is 0 Å². The summed E-state index contributed by atoms with van der Waals surface area (Å²) >= 11 is 0. The van der Waals surface area contributed by atoms with Crippen LogP contribution < -0.4 is 10.1 Å². The Kier molecular flexibility index (Phi) is 5.60. The Labute approximate surface area is 159 Å². The normalized spacial score (nSPS) is 10.7. The van der Waals surface area contributed by atoms with Crippen LogP contribution in [0.4, 0.5) is 5.69 Å². The Bertz CT molecular complexity index is 903. The van der Waals surface area contributed by atoms with Crippen LogP contribution in [0, 0.1) is 27.7 Å². The topological polar surface area (TPSA) is 64.4 Å². The monoisotopic (exact) mass is 364 g/mol. The molecule has 0 saturated carbocycles. The van der Waals surface area contributed by atoms with Gasteiger partial charge in [0.05, 0.1) is 17.7 Å². The van der Waals surface area contributed by atoms with Crippen LogP contribution >= 0.6 is 0 Å². The number of amides is 1. The van der Waals surface area contributed by atoms with Gasteiger partial charge in [0, 0.05) is 5.69 Å². The summed E-state index contributed by atoms with van der Waals surface area (Å²) in [5.74, 6) is 1.48. The summed E-state index contributed by atoms with van der Waals surface area (Å²) in [6.45, 7) is 8.21. The Morgan fingerprint density at radius 3 is 2.30 bits per heavy atom. The van der Waals surface area contributed by atoms with E-state index >= 15 is 0 Å². The first-order valence-corrected chi connectivity index (χ1v) is 8.92. The SMILES string of the molecule is Cc1cc(C)cc(NC(=O)Cc2ccc(OCc3c(C)noc3C)cc2)c1. The number of nitrogens with one attached hydrogen (secondary N) is 1. The van der Waals surface area contributed by atoms with Crippen molar-refractivity contribution in [2.75, 3.05) is 5.32 Å². The lowest BCUT2D eigenvalue weighted by Gasteiger charge is -2.09. The first-order valence-electron chi connectivity index (χ1n) is 8.92. The van der Waals surface area contributed by atoms with Gasteiger partial charge in [0.1, 0.15) is 18.1 Å². The molecule has 27 heavy (non-hydrogen) atoms. The molecule has 3 aromatic rings. The fourth-order valence-corrected chi connectivity index (χ4v) is 3.00. The number of benzene rings is 2. The molecule has 3 rings (SSSR count). The number of nitrogens with zero attached hydrogens (tertiary/aromatic N) is 1. The van der Waals surface area contributed by atoms with Crippen LogP contribution in [0.1, 0.15) is 33.7 Å². The maximum absolute atomic E-state index is 12.3. The molecule has 0 unspecified atom stereocenters. The second kappa shape index (κ2) is 8.08. The van der Waals surface area contributed by atoms with Crippen LogP contribution in [0.25, 0.3) is 0 Å². The van der Waals surface area contributed by atoms with Crippen molar-refractivity contribution in [3.05, 3.63) is 76.2 Å². The predicted molar refractivity (Wildman–Crippen MR) is 105 cm³/mol. The smallest absolute Gasteiger partial charge is 0.228 e. The zero-order chi connectivity index (χ0) is 19.4. The number of ether oxygens (including phenoxy) is 1. The molecule has 5 heteroatoms. The van der Waals surface area contributed by atoms with E-state index in [-0.39, 0.29) is 5.91 Å². The summed E-state index contributed by atoms with van der Waals surface area (Å²) in [6.07, 6.45) is 0.317. The van der Waals surface area contributed by atoms with Crippen molar-refractivity contribution < 1.29 is 14.1 Å². The predicted octanol–water partition coefficient (Wildman–Crippen LogP) is 4.67. The van der Waals surface area contributed by atoms with Crippen molar-refractivity contribution in [1.29, 1.82) is 0 Å². The second-order valence-electron chi connectivity index (χ2n) is 6.84. The molecule has 0 atom stereocenters. The quantitative estimate of drug-likeness (QED) is 0.690. The third-order valence-electron chi connectivity index (χ3n) is 4.36. The average Bonchev–Trinajstić information content (AvgIpc) is 2.91. The number of aromatic nitrogens is 1. The lowest BCUT2D eigenvalue weighted by molar-refractivity contribution is -0.115. The highest BCUT2D eigenvalue weighted by Crippen LogP contribution is 2.19. The number of aryl methyl sites for hydroxylation is 4. The zero-order valence-corrected chi connectivity index (χ0v) is 16.1. The molecule has 0 aliphatic carbocycles. The molecule has 0 radical (unpaired) electrons. The van der Waals surface area contributed by atoms with Crippen LogP contribution in [-0.4, -0.2) is 11.1 Å². The molecule has 0 saturated heterocycles. The van der Waals surface area contributed by atoms with Crippen LogP contribution in [0.5, 0.6) is 5.75 Å². The van der Waals surface area contributed by atoms with Crippen molar-refractivity contribution >= 4 is 11.6 Å². The molecule has 1 amide bonds. The number of carbonyl (C=O) groups is 1. The fourth-order valence-electron chi connectivity index (χ4n) is 3.00. The number of hydrogen-bond donors (Lipinski definition) is 1. The van der Waals surface area contributed by atoms with E-state index in [2.05, 4.69) is 16.5 Å². The van der Waals surface area contributed by atoms with Gasteiger partial charge in [-0.05, 0) is 68.7 Å². The molecule has 1 aromatic heterocycles. The molecule has 0 fully saturated rings. The number of hydrogen-bond acceptors (Lipinski definition) is 4. The van der Waals surface area contributed by atoms with Crippen molar-refractivity contribution in [2.45, 2.75) is 40.7 Å². The standard InChI is InChI=1S/C22H24N2O3/c1-14-9-15(2)11-19(10-14)23-22(25)12-18-5-7-20(8-6-18)26-13-21-16(3)24-27-17(21)4/h5-11H,12-13H2,1-4H3,(H,23,25). The van der Waals surface area contributed by atoms with Crippen molar-refractivity contribution in [3.63, 3.8) is 0 Å². The first kappa shape index (κ1) is 18.7. The molecule has 0 aliphatic heterocycles. The van der Waals surface area contributed by atoms with E-state index in [0.717, 1.165) is 45.1 Å². The van der Waals surface area contributed by atoms with E-state index in [1.807, 2.05) is 64.1 Å². The third-order valence-corrected chi connectivity index (χ3v) is 4.36. The summed E-state index contributed by atoms with van der Waals surface area (Å²) in [7, 11) is 0. The molecule has 5 nitrogen and oxygen atoms in total. The largest absolute Gasteiger partial charge is 0.489 e. The Hall–Kier alpha value is -3.08. The van der Waals surface area contributed by atoms with Gasteiger partial charge < -0.3 is 14.6 Å². The molecule has 1 N–H and O–H groups in total. The van der Waals surface area contributed by atoms with E-state index in [0.29, 0.717) is 13.0 Å². The Balaban J connectivity index is 1.56. The van der Waals surface area contributed by atoms with Crippen LogP contribution in [0.15, 0.2) is 47.0 Å².